The molecule has 2 N–H and O–H groups in total. The number of aliphatic imine (C=N–C) groups is 1. The topological polar surface area (TPSA) is 45.7 Å². The number of nitrogens with zero attached hydrogens (tertiary/aromatic N) is 1. The fourth-order valence-electron chi connectivity index (χ4n) is 2.27. The van der Waals surface area contributed by atoms with Gasteiger partial charge in [-0.05, 0) is 37.8 Å². The highest BCUT2D eigenvalue weighted by Gasteiger charge is 2.33. The number of rotatable bonds is 6. The zero-order valence-corrected chi connectivity index (χ0v) is 16.9. The van der Waals surface area contributed by atoms with Crippen LogP contribution in [0, 0.1) is 12.8 Å². The van der Waals surface area contributed by atoms with Crippen LogP contribution < -0.4 is 15.4 Å². The van der Waals surface area contributed by atoms with Crippen molar-refractivity contribution in [2.24, 2.45) is 10.9 Å². The molecule has 2 atom stereocenters. The Labute approximate surface area is 163 Å². The van der Waals surface area contributed by atoms with Crippen molar-refractivity contribution < 1.29 is 17.9 Å². The van der Waals surface area contributed by atoms with Gasteiger partial charge in [-0.25, -0.2) is 4.99 Å². The van der Waals surface area contributed by atoms with E-state index in [9.17, 15) is 13.2 Å². The van der Waals surface area contributed by atoms with E-state index < -0.39 is 12.8 Å². The van der Waals surface area contributed by atoms with E-state index in [0.717, 1.165) is 18.5 Å². The number of halogens is 4. The summed E-state index contributed by atoms with van der Waals surface area (Å²) in [5.41, 5.74) is 1.47. The minimum atomic E-state index is -4.36. The molecule has 0 bridgehead atoms. The molecule has 1 aromatic carbocycles. The molecule has 2 unspecified atom stereocenters. The van der Waals surface area contributed by atoms with Crippen LogP contribution in [-0.4, -0.2) is 31.3 Å². The third-order valence-electron chi connectivity index (χ3n) is 3.80. The van der Waals surface area contributed by atoms with E-state index in [4.69, 9.17) is 4.74 Å². The van der Waals surface area contributed by atoms with Crippen LogP contribution in [0.4, 0.5) is 13.2 Å². The minimum Gasteiger partial charge on any atom is -0.484 e. The van der Waals surface area contributed by atoms with Gasteiger partial charge in [-0.3, -0.25) is 0 Å². The van der Waals surface area contributed by atoms with Crippen molar-refractivity contribution in [2.45, 2.75) is 46.0 Å². The molecule has 0 spiro atoms. The maximum absolute atomic E-state index is 12.4. The van der Waals surface area contributed by atoms with E-state index in [2.05, 4.69) is 22.5 Å². The summed E-state index contributed by atoms with van der Waals surface area (Å²) in [5, 5.41) is 6.47. The standard InChI is InChI=1S/C17H24F3N3O.HI/c1-4-21-16(23-14-8-12(14)3)22-9-13-6-5-11(2)7-15(13)24-10-17(18,19)20;/h5-7,12,14H,4,8-10H2,1-3H3,(H2,21,22,23);1H. The molecular weight excluding hydrogens is 446 g/mol. The second-order valence-corrected chi connectivity index (χ2v) is 6.17. The van der Waals surface area contributed by atoms with Gasteiger partial charge in [-0.1, -0.05) is 19.1 Å². The first-order chi connectivity index (χ1) is 11.3. The number of ether oxygens (including phenoxy) is 1. The predicted molar refractivity (Wildman–Crippen MR) is 104 cm³/mol. The lowest BCUT2D eigenvalue weighted by Crippen LogP contribution is -2.39. The van der Waals surface area contributed by atoms with Gasteiger partial charge in [0, 0.05) is 18.2 Å². The molecule has 0 saturated heterocycles. The van der Waals surface area contributed by atoms with Gasteiger partial charge in [0.2, 0.25) is 0 Å². The summed E-state index contributed by atoms with van der Waals surface area (Å²) in [4.78, 5) is 4.47. The van der Waals surface area contributed by atoms with E-state index >= 15 is 0 Å². The third kappa shape index (κ3) is 7.70. The maximum atomic E-state index is 12.4. The van der Waals surface area contributed by atoms with Crippen LogP contribution in [0.1, 0.15) is 31.4 Å². The Bertz CT molecular complexity index is 593. The fraction of sp³-hybridized carbons (Fsp3) is 0.588. The lowest BCUT2D eigenvalue weighted by molar-refractivity contribution is -0.153. The van der Waals surface area contributed by atoms with Gasteiger partial charge in [0.25, 0.3) is 0 Å². The number of aryl methyl sites for hydroxylation is 1. The first kappa shape index (κ1) is 21.9. The Morgan fingerprint density at radius 2 is 2.04 bits per heavy atom. The molecular formula is C17H25F3IN3O. The van der Waals surface area contributed by atoms with Crippen molar-refractivity contribution in [3.05, 3.63) is 29.3 Å². The largest absolute Gasteiger partial charge is 0.484 e. The molecule has 0 amide bonds. The lowest BCUT2D eigenvalue weighted by atomic mass is 10.1. The van der Waals surface area contributed by atoms with Gasteiger partial charge in [-0.2, -0.15) is 13.2 Å². The molecule has 25 heavy (non-hydrogen) atoms. The molecule has 2 rings (SSSR count). The molecule has 1 aromatic rings. The Hall–Kier alpha value is -1.19. The first-order valence-corrected chi connectivity index (χ1v) is 8.12. The van der Waals surface area contributed by atoms with Crippen molar-refractivity contribution >= 4 is 29.9 Å². The number of benzene rings is 1. The lowest BCUT2D eigenvalue weighted by Gasteiger charge is -2.14. The zero-order valence-electron chi connectivity index (χ0n) is 14.6. The predicted octanol–water partition coefficient (Wildman–Crippen LogP) is 4.02. The summed E-state index contributed by atoms with van der Waals surface area (Å²) in [6.07, 6.45) is -3.25. The van der Waals surface area contributed by atoms with Gasteiger partial charge in [0.05, 0.1) is 6.54 Å². The van der Waals surface area contributed by atoms with E-state index in [-0.39, 0.29) is 36.3 Å². The number of hydrogen-bond acceptors (Lipinski definition) is 2. The SMILES string of the molecule is CCNC(=NCc1ccc(C)cc1OCC(F)(F)F)NC1CC1C.I. The Kier molecular flexibility index (Phi) is 8.30. The van der Waals surface area contributed by atoms with Crippen LogP contribution in [0.2, 0.25) is 0 Å². The summed E-state index contributed by atoms with van der Waals surface area (Å²) in [6.45, 7) is 5.61. The van der Waals surface area contributed by atoms with Crippen LogP contribution in [0.5, 0.6) is 5.75 Å². The van der Waals surface area contributed by atoms with Crippen molar-refractivity contribution in [1.29, 1.82) is 0 Å². The summed E-state index contributed by atoms with van der Waals surface area (Å²) in [7, 11) is 0. The maximum Gasteiger partial charge on any atom is 0.422 e. The molecule has 0 radical (unpaired) electrons. The molecule has 0 heterocycles. The van der Waals surface area contributed by atoms with Crippen LogP contribution in [0.3, 0.4) is 0 Å². The highest BCUT2D eigenvalue weighted by molar-refractivity contribution is 14.0. The summed E-state index contributed by atoms with van der Waals surface area (Å²) < 4.78 is 42.2. The molecule has 1 fully saturated rings. The van der Waals surface area contributed by atoms with Gasteiger partial charge < -0.3 is 15.4 Å². The molecule has 1 aliphatic rings. The van der Waals surface area contributed by atoms with Crippen LogP contribution in [0.25, 0.3) is 0 Å². The highest BCUT2D eigenvalue weighted by atomic mass is 127. The van der Waals surface area contributed by atoms with Crippen LogP contribution >= 0.6 is 24.0 Å². The Balaban J connectivity index is 0.00000312. The molecule has 1 saturated carbocycles. The molecule has 0 aliphatic heterocycles. The Morgan fingerprint density at radius 3 is 2.60 bits per heavy atom. The van der Waals surface area contributed by atoms with E-state index in [1.807, 2.05) is 19.9 Å². The molecule has 0 aromatic heterocycles. The summed E-state index contributed by atoms with van der Waals surface area (Å²) >= 11 is 0. The van der Waals surface area contributed by atoms with Crippen molar-refractivity contribution in [2.75, 3.05) is 13.2 Å². The fourth-order valence-corrected chi connectivity index (χ4v) is 2.27. The smallest absolute Gasteiger partial charge is 0.422 e. The minimum absolute atomic E-state index is 0. The number of nitrogens with one attached hydrogen (secondary N) is 2. The number of hydrogen-bond donors (Lipinski definition) is 2. The normalized spacial score (nSPS) is 19.8. The molecule has 4 nitrogen and oxygen atoms in total. The monoisotopic (exact) mass is 471 g/mol. The van der Waals surface area contributed by atoms with Crippen molar-refractivity contribution in [1.82, 2.24) is 10.6 Å². The van der Waals surface area contributed by atoms with E-state index in [0.29, 0.717) is 23.5 Å². The summed E-state index contributed by atoms with van der Waals surface area (Å²) in [6, 6.07) is 5.63. The van der Waals surface area contributed by atoms with Crippen LogP contribution in [0.15, 0.2) is 23.2 Å². The number of guanidine groups is 1. The summed E-state index contributed by atoms with van der Waals surface area (Å²) in [5.74, 6) is 1.53. The van der Waals surface area contributed by atoms with Gasteiger partial charge in [-0.15, -0.1) is 24.0 Å². The average Bonchev–Trinajstić information content (AvgIpc) is 3.18. The molecule has 142 valence electrons. The average molecular weight is 471 g/mol. The molecule has 8 heteroatoms. The van der Waals surface area contributed by atoms with Gasteiger partial charge in [0.1, 0.15) is 5.75 Å². The molecule has 1 aliphatic carbocycles. The van der Waals surface area contributed by atoms with E-state index in [1.54, 1.807) is 12.1 Å². The third-order valence-corrected chi connectivity index (χ3v) is 3.80. The number of alkyl halides is 3. The van der Waals surface area contributed by atoms with Gasteiger partial charge in [0.15, 0.2) is 12.6 Å². The van der Waals surface area contributed by atoms with Crippen molar-refractivity contribution in [3.8, 4) is 5.75 Å². The van der Waals surface area contributed by atoms with E-state index in [1.165, 1.54) is 0 Å². The zero-order chi connectivity index (χ0) is 17.7. The highest BCUT2D eigenvalue weighted by Crippen LogP contribution is 2.29. The van der Waals surface area contributed by atoms with Crippen LogP contribution in [-0.2, 0) is 6.54 Å². The second-order valence-electron chi connectivity index (χ2n) is 6.17. The van der Waals surface area contributed by atoms with Gasteiger partial charge >= 0.3 is 6.18 Å². The Morgan fingerprint density at radius 1 is 1.36 bits per heavy atom. The van der Waals surface area contributed by atoms with Crippen molar-refractivity contribution in [3.63, 3.8) is 0 Å². The quantitative estimate of drug-likeness (QED) is 0.375. The first-order valence-electron chi connectivity index (χ1n) is 8.12. The second kappa shape index (κ2) is 9.49.